The molecule has 0 aliphatic rings. The lowest BCUT2D eigenvalue weighted by atomic mass is 9.87. The lowest BCUT2D eigenvalue weighted by molar-refractivity contribution is 0.308. The van der Waals surface area contributed by atoms with Crippen LogP contribution in [0.3, 0.4) is 0 Å². The van der Waals surface area contributed by atoms with E-state index in [1.807, 2.05) is 0 Å². The number of ether oxygens (including phenoxy) is 2. The average molecular weight is 573 g/mol. The minimum Gasteiger partial charge on any atom is -0.488 e. The zero-order valence-corrected chi connectivity index (χ0v) is 27.2. The van der Waals surface area contributed by atoms with Gasteiger partial charge in [0.1, 0.15) is 24.7 Å². The molecule has 0 aliphatic carbocycles. The molecule has 5 aromatic rings. The molecule has 0 heterocycles. The van der Waals surface area contributed by atoms with Gasteiger partial charge in [0.2, 0.25) is 0 Å². The van der Waals surface area contributed by atoms with E-state index in [9.17, 15) is 0 Å². The molecule has 0 atom stereocenters. The SMILES string of the molecule is CCCCCc1ccc2c(OCc3ccc(C(C)(C)C)cc3)c3ccccc3c(OCc3ccc(C(C)(C)C)cc3)c2c1. The second kappa shape index (κ2) is 12.8. The van der Waals surface area contributed by atoms with Crippen LogP contribution >= 0.6 is 0 Å². The minimum atomic E-state index is 0.129. The van der Waals surface area contributed by atoms with Crippen molar-refractivity contribution in [2.24, 2.45) is 0 Å². The highest BCUT2D eigenvalue weighted by Crippen LogP contribution is 2.44. The van der Waals surface area contributed by atoms with E-state index in [0.717, 1.165) is 39.5 Å². The van der Waals surface area contributed by atoms with Crippen molar-refractivity contribution in [2.75, 3.05) is 0 Å². The van der Waals surface area contributed by atoms with Gasteiger partial charge in [-0.15, -0.1) is 0 Å². The number of fused-ring (bicyclic) bond motifs is 2. The fourth-order valence-electron chi connectivity index (χ4n) is 5.71. The van der Waals surface area contributed by atoms with Crippen molar-refractivity contribution in [1.29, 1.82) is 0 Å². The molecule has 0 saturated heterocycles. The smallest absolute Gasteiger partial charge is 0.135 e. The Hall–Kier alpha value is -3.78. The van der Waals surface area contributed by atoms with Gasteiger partial charge in [0.15, 0.2) is 0 Å². The molecule has 0 saturated carbocycles. The first-order chi connectivity index (χ1) is 20.5. The van der Waals surface area contributed by atoms with Crippen molar-refractivity contribution in [2.45, 2.75) is 98.2 Å². The molecular weight excluding hydrogens is 524 g/mol. The summed E-state index contributed by atoms with van der Waals surface area (Å²) in [6.07, 6.45) is 4.72. The number of hydrogen-bond acceptors (Lipinski definition) is 2. The first kappa shape index (κ1) is 30.7. The second-order valence-corrected chi connectivity index (χ2v) is 14.0. The molecule has 0 aliphatic heterocycles. The van der Waals surface area contributed by atoms with Crippen LogP contribution in [0.4, 0.5) is 0 Å². The van der Waals surface area contributed by atoms with Gasteiger partial charge in [0, 0.05) is 21.5 Å². The number of aryl methyl sites for hydroxylation is 1. The summed E-state index contributed by atoms with van der Waals surface area (Å²) in [7, 11) is 0. The molecule has 0 spiro atoms. The van der Waals surface area contributed by atoms with Crippen molar-refractivity contribution in [3.8, 4) is 11.5 Å². The molecule has 0 radical (unpaired) electrons. The molecule has 5 rings (SSSR count). The Labute approximate surface area is 259 Å². The third kappa shape index (κ3) is 7.24. The Morgan fingerprint density at radius 3 is 1.40 bits per heavy atom. The highest BCUT2D eigenvalue weighted by atomic mass is 16.5. The maximum atomic E-state index is 6.73. The summed E-state index contributed by atoms with van der Waals surface area (Å²) in [5.41, 5.74) is 6.61. The summed E-state index contributed by atoms with van der Waals surface area (Å²) in [5, 5.41) is 4.39. The van der Waals surface area contributed by atoms with E-state index < -0.39 is 0 Å². The van der Waals surface area contributed by atoms with Gasteiger partial charge in [-0.2, -0.15) is 0 Å². The predicted octanol–water partition coefficient (Wildman–Crippen LogP) is 11.5. The van der Waals surface area contributed by atoms with E-state index in [1.165, 1.54) is 47.1 Å². The molecule has 0 unspecified atom stereocenters. The first-order valence-corrected chi connectivity index (χ1v) is 16.0. The maximum Gasteiger partial charge on any atom is 0.135 e. The Morgan fingerprint density at radius 2 is 0.930 bits per heavy atom. The standard InChI is InChI=1S/C41H48O2/c1-8-9-10-13-29-20-25-36-37(26-29)39(43-28-31-18-23-33(24-19-31)41(5,6)7)35-15-12-11-14-34(35)38(36)42-27-30-16-21-32(22-17-30)40(2,3)4/h11-12,14-26H,8-10,13,27-28H2,1-7H3. The monoisotopic (exact) mass is 572 g/mol. The quantitative estimate of drug-likeness (QED) is 0.122. The summed E-state index contributed by atoms with van der Waals surface area (Å²) in [4.78, 5) is 0. The van der Waals surface area contributed by atoms with Crippen LogP contribution in [-0.4, -0.2) is 0 Å². The number of rotatable bonds is 10. The third-order valence-electron chi connectivity index (χ3n) is 8.46. The number of benzene rings is 5. The minimum absolute atomic E-state index is 0.129. The van der Waals surface area contributed by atoms with E-state index >= 15 is 0 Å². The largest absolute Gasteiger partial charge is 0.488 e. The van der Waals surface area contributed by atoms with Gasteiger partial charge in [-0.05, 0) is 57.6 Å². The van der Waals surface area contributed by atoms with Crippen molar-refractivity contribution in [3.05, 3.63) is 119 Å². The van der Waals surface area contributed by atoms with Crippen LogP contribution in [0.1, 0.15) is 95.5 Å². The van der Waals surface area contributed by atoms with Crippen LogP contribution in [0.5, 0.6) is 11.5 Å². The Morgan fingerprint density at radius 1 is 0.488 bits per heavy atom. The van der Waals surface area contributed by atoms with Crippen LogP contribution in [-0.2, 0) is 30.5 Å². The lowest BCUT2D eigenvalue weighted by Gasteiger charge is -2.21. The summed E-state index contributed by atoms with van der Waals surface area (Å²) in [6, 6.07) is 33.0. The first-order valence-electron chi connectivity index (χ1n) is 16.0. The van der Waals surface area contributed by atoms with Crippen molar-refractivity contribution in [3.63, 3.8) is 0 Å². The molecule has 2 heteroatoms. The van der Waals surface area contributed by atoms with E-state index in [1.54, 1.807) is 0 Å². The Balaban J connectivity index is 1.53. The van der Waals surface area contributed by atoms with Gasteiger partial charge < -0.3 is 9.47 Å². The molecular formula is C41H48O2. The van der Waals surface area contributed by atoms with E-state index in [4.69, 9.17) is 9.47 Å². The highest BCUT2D eigenvalue weighted by Gasteiger charge is 2.18. The molecule has 5 aromatic carbocycles. The molecule has 0 aromatic heterocycles. The summed E-state index contributed by atoms with van der Waals surface area (Å²) in [5.74, 6) is 1.86. The fourth-order valence-corrected chi connectivity index (χ4v) is 5.71. The summed E-state index contributed by atoms with van der Waals surface area (Å²) in [6.45, 7) is 16.8. The maximum absolute atomic E-state index is 6.73. The summed E-state index contributed by atoms with van der Waals surface area (Å²) >= 11 is 0. The third-order valence-corrected chi connectivity index (χ3v) is 8.46. The van der Waals surface area contributed by atoms with E-state index in [2.05, 4.69) is 139 Å². The zero-order chi connectivity index (χ0) is 30.6. The van der Waals surface area contributed by atoms with Gasteiger partial charge >= 0.3 is 0 Å². The molecule has 2 nitrogen and oxygen atoms in total. The van der Waals surface area contributed by atoms with Crippen molar-refractivity contribution < 1.29 is 9.47 Å². The van der Waals surface area contributed by atoms with Crippen molar-refractivity contribution in [1.82, 2.24) is 0 Å². The number of unbranched alkanes of at least 4 members (excludes halogenated alkanes) is 2. The second-order valence-electron chi connectivity index (χ2n) is 14.0. The van der Waals surface area contributed by atoms with Crippen LogP contribution in [0.15, 0.2) is 91.0 Å². The fraction of sp³-hybridized carbons (Fsp3) is 0.366. The molecule has 0 N–H and O–H groups in total. The average Bonchev–Trinajstić information content (AvgIpc) is 2.98. The van der Waals surface area contributed by atoms with Gasteiger partial charge in [0.25, 0.3) is 0 Å². The number of hydrogen-bond donors (Lipinski definition) is 0. The van der Waals surface area contributed by atoms with Gasteiger partial charge in [-0.25, -0.2) is 0 Å². The summed E-state index contributed by atoms with van der Waals surface area (Å²) < 4.78 is 13.4. The van der Waals surface area contributed by atoms with Crippen LogP contribution in [0.2, 0.25) is 0 Å². The molecule has 224 valence electrons. The Bertz CT molecular complexity index is 1660. The van der Waals surface area contributed by atoms with Crippen LogP contribution < -0.4 is 9.47 Å². The van der Waals surface area contributed by atoms with Crippen LogP contribution in [0.25, 0.3) is 21.5 Å². The molecule has 0 fully saturated rings. The zero-order valence-electron chi connectivity index (χ0n) is 27.2. The highest BCUT2D eigenvalue weighted by molar-refractivity contribution is 6.11. The van der Waals surface area contributed by atoms with Crippen molar-refractivity contribution >= 4 is 21.5 Å². The lowest BCUT2D eigenvalue weighted by Crippen LogP contribution is -2.11. The van der Waals surface area contributed by atoms with E-state index in [0.29, 0.717) is 13.2 Å². The van der Waals surface area contributed by atoms with Gasteiger partial charge in [-0.1, -0.05) is 146 Å². The van der Waals surface area contributed by atoms with Crippen LogP contribution in [0, 0.1) is 0 Å². The molecule has 43 heavy (non-hydrogen) atoms. The molecule has 0 bridgehead atoms. The Kier molecular flexibility index (Phi) is 9.16. The van der Waals surface area contributed by atoms with E-state index in [-0.39, 0.29) is 10.8 Å². The topological polar surface area (TPSA) is 18.5 Å². The predicted molar refractivity (Wildman–Crippen MR) is 184 cm³/mol. The van der Waals surface area contributed by atoms with Gasteiger partial charge in [-0.3, -0.25) is 0 Å². The normalized spacial score (nSPS) is 12.2. The van der Waals surface area contributed by atoms with Gasteiger partial charge in [0.05, 0.1) is 0 Å². The molecule has 0 amide bonds.